The highest BCUT2D eigenvalue weighted by atomic mass is 16.5. The van der Waals surface area contributed by atoms with Crippen molar-refractivity contribution >= 4 is 23.4 Å². The molecule has 2 aromatic carbocycles. The monoisotopic (exact) mass is 551 g/mol. The number of phenolic OH excluding ortho intramolecular Hbond substituents is 1. The molecule has 1 fully saturated rings. The van der Waals surface area contributed by atoms with E-state index < -0.39 is 29.2 Å². The number of amides is 2. The Bertz CT molecular complexity index is 1590. The SMILES string of the molecule is CC1=CC(=O)C2=C(C1=O)C(c1ccc(OCc3ccccc3)cc1O)C1=CCC3C(=O)N(C(C)(C)C)C(=O)C3C1C2. The van der Waals surface area contributed by atoms with Crippen molar-refractivity contribution in [3.63, 3.8) is 0 Å². The lowest BCUT2D eigenvalue weighted by molar-refractivity contribution is -0.145. The minimum atomic E-state index is -0.709. The number of imide groups is 1. The third kappa shape index (κ3) is 4.35. The number of allylic oxidation sites excluding steroid dienone is 6. The molecule has 1 saturated heterocycles. The number of hydrogen-bond acceptors (Lipinski definition) is 6. The maximum Gasteiger partial charge on any atom is 0.234 e. The number of rotatable bonds is 4. The molecule has 6 rings (SSSR count). The molecule has 4 aliphatic rings. The van der Waals surface area contributed by atoms with E-state index in [9.17, 15) is 24.3 Å². The van der Waals surface area contributed by atoms with Crippen molar-refractivity contribution in [2.75, 3.05) is 0 Å². The maximum atomic E-state index is 13.8. The van der Waals surface area contributed by atoms with Gasteiger partial charge < -0.3 is 9.84 Å². The Morgan fingerprint density at radius 3 is 2.39 bits per heavy atom. The number of likely N-dealkylation sites (tertiary alicyclic amines) is 1. The summed E-state index contributed by atoms with van der Waals surface area (Å²) in [5.74, 6) is -2.78. The van der Waals surface area contributed by atoms with E-state index in [-0.39, 0.29) is 35.6 Å². The van der Waals surface area contributed by atoms with Crippen molar-refractivity contribution in [1.29, 1.82) is 0 Å². The summed E-state index contributed by atoms with van der Waals surface area (Å²) >= 11 is 0. The van der Waals surface area contributed by atoms with Crippen molar-refractivity contribution in [2.24, 2.45) is 17.8 Å². The standard InChI is InChI=1S/C34H33NO6/c1-18-14-26(36)25-16-24-21(12-13-23-29(24)33(40)35(32(23)39)34(2,3)4)28(30(25)31(18)38)22-11-10-20(15-27(22)37)41-17-19-8-6-5-7-9-19/h5-12,14-15,23-24,28-29,37H,13,16-17H2,1-4H3. The second kappa shape index (κ2) is 9.68. The van der Waals surface area contributed by atoms with Crippen LogP contribution in [-0.4, -0.2) is 38.9 Å². The van der Waals surface area contributed by atoms with Gasteiger partial charge in [0.05, 0.1) is 11.8 Å². The van der Waals surface area contributed by atoms with Gasteiger partial charge in [0, 0.05) is 39.8 Å². The summed E-state index contributed by atoms with van der Waals surface area (Å²) in [6.07, 6.45) is 3.89. The fourth-order valence-corrected chi connectivity index (χ4v) is 6.98. The first-order valence-electron chi connectivity index (χ1n) is 14.0. The zero-order valence-corrected chi connectivity index (χ0v) is 23.6. The normalized spacial score (nSPS) is 25.9. The average molecular weight is 552 g/mol. The zero-order chi connectivity index (χ0) is 29.2. The van der Waals surface area contributed by atoms with Crippen LogP contribution in [0.25, 0.3) is 0 Å². The molecule has 1 heterocycles. The average Bonchev–Trinajstić information content (AvgIpc) is 3.20. The summed E-state index contributed by atoms with van der Waals surface area (Å²) in [6, 6.07) is 14.7. The van der Waals surface area contributed by atoms with Gasteiger partial charge in [0.1, 0.15) is 18.1 Å². The number of carbonyl (C=O) groups is 4. The van der Waals surface area contributed by atoms with Gasteiger partial charge in [-0.2, -0.15) is 0 Å². The molecule has 7 heteroatoms. The number of ether oxygens (including phenoxy) is 1. The van der Waals surface area contributed by atoms with E-state index in [4.69, 9.17) is 4.74 Å². The van der Waals surface area contributed by atoms with Gasteiger partial charge in [0.2, 0.25) is 11.8 Å². The van der Waals surface area contributed by atoms with Gasteiger partial charge in [0.15, 0.2) is 11.6 Å². The molecule has 0 bridgehead atoms. The van der Waals surface area contributed by atoms with Crippen LogP contribution >= 0.6 is 0 Å². The Balaban J connectivity index is 1.42. The van der Waals surface area contributed by atoms with E-state index in [2.05, 4.69) is 0 Å². The van der Waals surface area contributed by atoms with Crippen molar-refractivity contribution in [3.8, 4) is 11.5 Å². The molecule has 0 saturated carbocycles. The summed E-state index contributed by atoms with van der Waals surface area (Å²) in [7, 11) is 0. The van der Waals surface area contributed by atoms with Gasteiger partial charge in [0.25, 0.3) is 0 Å². The number of nitrogens with zero attached hydrogens (tertiary/aromatic N) is 1. The molecule has 3 aliphatic carbocycles. The number of Topliss-reactive ketones (excluding diaryl/α,β-unsaturated/α-hetero) is 1. The number of hydrogen-bond donors (Lipinski definition) is 1. The molecule has 41 heavy (non-hydrogen) atoms. The second-order valence-corrected chi connectivity index (χ2v) is 12.4. The molecule has 0 aromatic heterocycles. The van der Waals surface area contributed by atoms with Gasteiger partial charge >= 0.3 is 0 Å². The number of phenols is 1. The Morgan fingerprint density at radius 2 is 1.71 bits per heavy atom. The fraction of sp³-hybridized carbons (Fsp3) is 0.353. The number of carbonyl (C=O) groups excluding carboxylic acids is 4. The minimum Gasteiger partial charge on any atom is -0.507 e. The van der Waals surface area contributed by atoms with E-state index in [1.54, 1.807) is 19.1 Å². The van der Waals surface area contributed by atoms with Gasteiger partial charge in [-0.3, -0.25) is 24.1 Å². The third-order valence-electron chi connectivity index (χ3n) is 8.80. The maximum absolute atomic E-state index is 13.8. The summed E-state index contributed by atoms with van der Waals surface area (Å²) in [5.41, 5.74) is 2.66. The highest BCUT2D eigenvalue weighted by molar-refractivity contribution is 6.24. The Hall–Kier alpha value is -4.26. The minimum absolute atomic E-state index is 0.0614. The smallest absolute Gasteiger partial charge is 0.234 e. The third-order valence-corrected chi connectivity index (χ3v) is 8.80. The van der Waals surface area contributed by atoms with Crippen molar-refractivity contribution in [3.05, 3.63) is 94.1 Å². The molecular formula is C34H33NO6. The molecule has 210 valence electrons. The molecule has 0 radical (unpaired) electrons. The van der Waals surface area contributed by atoms with E-state index in [0.29, 0.717) is 41.1 Å². The van der Waals surface area contributed by atoms with Crippen LogP contribution in [0.3, 0.4) is 0 Å². The number of benzene rings is 2. The number of ketones is 2. The first kappa shape index (κ1) is 26.9. The zero-order valence-electron chi connectivity index (χ0n) is 23.6. The van der Waals surface area contributed by atoms with Crippen LogP contribution in [0.1, 0.15) is 57.6 Å². The molecule has 4 unspecified atom stereocenters. The van der Waals surface area contributed by atoms with E-state index >= 15 is 0 Å². The highest BCUT2D eigenvalue weighted by Gasteiger charge is 2.58. The van der Waals surface area contributed by atoms with Crippen LogP contribution in [0.5, 0.6) is 11.5 Å². The molecule has 7 nitrogen and oxygen atoms in total. The number of fused-ring (bicyclic) bond motifs is 3. The van der Waals surface area contributed by atoms with Gasteiger partial charge in [-0.15, -0.1) is 0 Å². The van der Waals surface area contributed by atoms with Crippen LogP contribution in [0.2, 0.25) is 0 Å². The predicted molar refractivity (Wildman–Crippen MR) is 152 cm³/mol. The van der Waals surface area contributed by atoms with Crippen LogP contribution < -0.4 is 4.74 Å². The first-order valence-corrected chi connectivity index (χ1v) is 14.0. The van der Waals surface area contributed by atoms with E-state index in [1.165, 1.54) is 17.0 Å². The molecule has 1 aliphatic heterocycles. The summed E-state index contributed by atoms with van der Waals surface area (Å²) < 4.78 is 5.91. The highest BCUT2D eigenvalue weighted by Crippen LogP contribution is 2.56. The Morgan fingerprint density at radius 1 is 0.976 bits per heavy atom. The second-order valence-electron chi connectivity index (χ2n) is 12.4. The first-order chi connectivity index (χ1) is 19.5. The topological polar surface area (TPSA) is 101 Å². The summed E-state index contributed by atoms with van der Waals surface area (Å²) in [6.45, 7) is 7.48. The molecular weight excluding hydrogens is 518 g/mol. The lowest BCUT2D eigenvalue weighted by atomic mass is 9.59. The lowest BCUT2D eigenvalue weighted by Gasteiger charge is -2.42. The van der Waals surface area contributed by atoms with Crippen LogP contribution in [0.4, 0.5) is 0 Å². The Kier molecular flexibility index (Phi) is 6.36. The molecule has 0 spiro atoms. The van der Waals surface area contributed by atoms with Crippen LogP contribution in [0, 0.1) is 17.8 Å². The van der Waals surface area contributed by atoms with Gasteiger partial charge in [-0.05, 0) is 64.2 Å². The van der Waals surface area contributed by atoms with Gasteiger partial charge in [-0.1, -0.05) is 48.0 Å². The number of aromatic hydroxyl groups is 1. The van der Waals surface area contributed by atoms with Gasteiger partial charge in [-0.25, -0.2) is 0 Å². The quantitative estimate of drug-likeness (QED) is 0.319. The molecule has 2 aromatic rings. The molecule has 4 atom stereocenters. The lowest BCUT2D eigenvalue weighted by Crippen LogP contribution is -2.46. The van der Waals surface area contributed by atoms with Crippen LogP contribution in [-0.2, 0) is 25.8 Å². The van der Waals surface area contributed by atoms with Crippen LogP contribution in [0.15, 0.2) is 83.0 Å². The van der Waals surface area contributed by atoms with Crippen molar-refractivity contribution in [1.82, 2.24) is 4.90 Å². The van der Waals surface area contributed by atoms with Crippen molar-refractivity contribution in [2.45, 2.75) is 58.6 Å². The molecule has 2 amide bonds. The Labute approximate surface area is 239 Å². The van der Waals surface area contributed by atoms with E-state index in [0.717, 1.165) is 11.1 Å². The largest absolute Gasteiger partial charge is 0.507 e. The molecule has 1 N–H and O–H groups in total. The van der Waals surface area contributed by atoms with E-state index in [1.807, 2.05) is 57.2 Å². The van der Waals surface area contributed by atoms with Crippen molar-refractivity contribution < 1.29 is 29.0 Å². The summed E-state index contributed by atoms with van der Waals surface area (Å²) in [5, 5.41) is 11.3. The summed E-state index contributed by atoms with van der Waals surface area (Å²) in [4.78, 5) is 55.4. The fourth-order valence-electron chi connectivity index (χ4n) is 6.98. The predicted octanol–water partition coefficient (Wildman–Crippen LogP) is 5.20.